The third-order valence-corrected chi connectivity index (χ3v) is 5.67. The van der Waals surface area contributed by atoms with Gasteiger partial charge in [-0.15, -0.1) is 0 Å². The smallest absolute Gasteiger partial charge is 0.418 e. The molecule has 0 saturated heterocycles. The van der Waals surface area contributed by atoms with Crippen molar-refractivity contribution in [3.8, 4) is 0 Å². The molecule has 2 aliphatic rings. The first kappa shape index (κ1) is 22.1. The van der Waals surface area contributed by atoms with Gasteiger partial charge in [0.15, 0.2) is 9.84 Å². The van der Waals surface area contributed by atoms with E-state index in [0.29, 0.717) is 12.8 Å². The molecule has 1 heterocycles. The fourth-order valence-corrected chi connectivity index (χ4v) is 4.03. The molecule has 3 rings (SSSR count). The van der Waals surface area contributed by atoms with Crippen molar-refractivity contribution in [3.63, 3.8) is 0 Å². The minimum Gasteiger partial charge on any atom is -0.461 e. The predicted molar refractivity (Wildman–Crippen MR) is 97.6 cm³/mol. The highest BCUT2D eigenvalue weighted by atomic mass is 32.2. The number of esters is 1. The summed E-state index contributed by atoms with van der Waals surface area (Å²) in [6.45, 7) is 2.91. The fraction of sp³-hybridized carbons (Fsp3) is 0.474. The van der Waals surface area contributed by atoms with Gasteiger partial charge >= 0.3 is 12.1 Å². The van der Waals surface area contributed by atoms with E-state index in [2.05, 4.69) is 0 Å². The van der Waals surface area contributed by atoms with Crippen LogP contribution in [0.3, 0.4) is 0 Å². The Morgan fingerprint density at radius 1 is 1.20 bits per heavy atom. The molecule has 164 valence electrons. The summed E-state index contributed by atoms with van der Waals surface area (Å²) in [5.41, 5.74) is -1.69. The standard InChI is InChI=1S/C19H20F3NO6S/c1-10(2)28-18(25)15-14(19(20,21)22)16(11-8-9-11)29-23(15)17(24)12-6-4-5-7-13(12)30(3,26)27/h4-7,10-11,15H,8-9H2,1-3H3. The summed E-state index contributed by atoms with van der Waals surface area (Å²) in [6, 6.07) is 2.84. The molecule has 1 aromatic rings. The molecule has 1 unspecified atom stereocenters. The first-order valence-corrected chi connectivity index (χ1v) is 11.0. The Balaban J connectivity index is 2.10. The monoisotopic (exact) mass is 447 g/mol. The summed E-state index contributed by atoms with van der Waals surface area (Å²) in [5, 5.41) is 0.283. The molecule has 1 aliphatic carbocycles. The van der Waals surface area contributed by atoms with Gasteiger partial charge < -0.3 is 9.57 Å². The molecule has 0 spiro atoms. The molecule has 11 heteroatoms. The third-order valence-electron chi connectivity index (χ3n) is 4.52. The lowest BCUT2D eigenvalue weighted by atomic mass is 10.0. The summed E-state index contributed by atoms with van der Waals surface area (Å²) in [6.07, 6.45) is -3.99. The number of nitrogens with zero attached hydrogens (tertiary/aromatic N) is 1. The molecule has 1 atom stereocenters. The highest BCUT2D eigenvalue weighted by molar-refractivity contribution is 7.90. The normalized spacial score (nSPS) is 19.8. The van der Waals surface area contributed by atoms with Gasteiger partial charge in [-0.3, -0.25) is 4.79 Å². The second-order valence-electron chi connectivity index (χ2n) is 7.43. The molecule has 1 saturated carbocycles. The lowest BCUT2D eigenvalue weighted by Crippen LogP contribution is -2.46. The van der Waals surface area contributed by atoms with Crippen molar-refractivity contribution in [2.45, 2.75) is 49.9 Å². The number of alkyl halides is 3. The molecule has 1 aromatic carbocycles. The van der Waals surface area contributed by atoms with Crippen LogP contribution in [0.2, 0.25) is 0 Å². The number of sulfone groups is 1. The van der Waals surface area contributed by atoms with E-state index in [9.17, 15) is 31.2 Å². The number of halogens is 3. The third kappa shape index (κ3) is 4.30. The highest BCUT2D eigenvalue weighted by Crippen LogP contribution is 2.49. The maximum atomic E-state index is 13.9. The Labute approximate surface area is 171 Å². The number of hydroxylamine groups is 2. The van der Waals surface area contributed by atoms with E-state index in [0.717, 1.165) is 18.4 Å². The SMILES string of the molecule is CC(C)OC(=O)C1C(C(F)(F)F)=C(C2CC2)ON1C(=O)c1ccccc1S(C)(=O)=O. The predicted octanol–water partition coefficient (Wildman–Crippen LogP) is 3.02. The maximum absolute atomic E-state index is 13.9. The molecule has 1 aliphatic heterocycles. The average molecular weight is 447 g/mol. The van der Waals surface area contributed by atoms with Gasteiger partial charge in [0, 0.05) is 12.2 Å². The van der Waals surface area contributed by atoms with Gasteiger partial charge in [-0.1, -0.05) is 12.1 Å². The zero-order valence-electron chi connectivity index (χ0n) is 16.4. The van der Waals surface area contributed by atoms with E-state index < -0.39 is 62.8 Å². The Bertz CT molecular complexity index is 1010. The average Bonchev–Trinajstić information content (AvgIpc) is 3.37. The number of carbonyl (C=O) groups is 2. The van der Waals surface area contributed by atoms with Crippen LogP contribution in [0.1, 0.15) is 37.0 Å². The lowest BCUT2D eigenvalue weighted by Gasteiger charge is -2.25. The summed E-state index contributed by atoms with van der Waals surface area (Å²) in [4.78, 5) is 30.6. The molecule has 1 amide bonds. The molecule has 0 radical (unpaired) electrons. The van der Waals surface area contributed by atoms with Gasteiger partial charge in [0.05, 0.1) is 16.6 Å². The van der Waals surface area contributed by atoms with Crippen LogP contribution in [0, 0.1) is 5.92 Å². The van der Waals surface area contributed by atoms with Crippen molar-refractivity contribution in [1.82, 2.24) is 5.06 Å². The van der Waals surface area contributed by atoms with Crippen molar-refractivity contribution in [2.75, 3.05) is 6.26 Å². The van der Waals surface area contributed by atoms with Gasteiger partial charge in [-0.2, -0.15) is 18.2 Å². The Kier molecular flexibility index (Phi) is 5.61. The van der Waals surface area contributed by atoms with Crippen molar-refractivity contribution >= 4 is 21.7 Å². The van der Waals surface area contributed by atoms with Gasteiger partial charge in [-0.05, 0) is 38.8 Å². The van der Waals surface area contributed by atoms with Crippen LogP contribution in [-0.4, -0.2) is 49.9 Å². The summed E-state index contributed by atoms with van der Waals surface area (Å²) in [5.74, 6) is -3.56. The van der Waals surface area contributed by atoms with Gasteiger partial charge in [-0.25, -0.2) is 13.2 Å². The van der Waals surface area contributed by atoms with E-state index in [4.69, 9.17) is 9.57 Å². The maximum Gasteiger partial charge on any atom is 0.418 e. The topological polar surface area (TPSA) is 90.0 Å². The number of ether oxygens (including phenoxy) is 1. The minimum absolute atomic E-state index is 0.283. The molecular weight excluding hydrogens is 427 g/mol. The summed E-state index contributed by atoms with van der Waals surface area (Å²) < 4.78 is 70.7. The molecule has 7 nitrogen and oxygen atoms in total. The van der Waals surface area contributed by atoms with Gasteiger partial charge in [0.2, 0.25) is 6.04 Å². The summed E-state index contributed by atoms with van der Waals surface area (Å²) in [7, 11) is -3.88. The highest BCUT2D eigenvalue weighted by Gasteiger charge is 2.58. The molecule has 1 fully saturated rings. The second-order valence-corrected chi connectivity index (χ2v) is 9.41. The lowest BCUT2D eigenvalue weighted by molar-refractivity contribution is -0.166. The summed E-state index contributed by atoms with van der Waals surface area (Å²) >= 11 is 0. The zero-order valence-corrected chi connectivity index (χ0v) is 17.2. The van der Waals surface area contributed by atoms with Gasteiger partial charge in [0.25, 0.3) is 5.91 Å². The number of rotatable bonds is 5. The Morgan fingerprint density at radius 2 is 1.80 bits per heavy atom. The van der Waals surface area contributed by atoms with Crippen LogP contribution < -0.4 is 0 Å². The first-order chi connectivity index (χ1) is 13.8. The molecule has 30 heavy (non-hydrogen) atoms. The van der Waals surface area contributed by atoms with Crippen molar-refractivity contribution in [3.05, 3.63) is 41.2 Å². The number of hydrogen-bond acceptors (Lipinski definition) is 6. The molecule has 0 bridgehead atoms. The molecule has 0 aromatic heterocycles. The van der Waals surface area contributed by atoms with Crippen LogP contribution in [0.4, 0.5) is 13.2 Å². The number of benzene rings is 1. The van der Waals surface area contributed by atoms with E-state index in [-0.39, 0.29) is 9.96 Å². The molecule has 0 N–H and O–H groups in total. The van der Waals surface area contributed by atoms with Crippen LogP contribution in [-0.2, 0) is 24.2 Å². The largest absolute Gasteiger partial charge is 0.461 e. The van der Waals surface area contributed by atoms with Crippen LogP contribution >= 0.6 is 0 Å². The fourth-order valence-electron chi connectivity index (χ4n) is 3.15. The Morgan fingerprint density at radius 3 is 2.30 bits per heavy atom. The number of allylic oxidation sites excluding steroid dienone is 1. The quantitative estimate of drug-likeness (QED) is 0.645. The van der Waals surface area contributed by atoms with Crippen molar-refractivity contribution in [1.29, 1.82) is 0 Å². The zero-order chi connectivity index (χ0) is 22.4. The van der Waals surface area contributed by atoms with Crippen LogP contribution in [0.25, 0.3) is 0 Å². The Hall–Kier alpha value is -2.56. The number of amides is 1. The van der Waals surface area contributed by atoms with Crippen molar-refractivity contribution in [2.24, 2.45) is 5.92 Å². The second kappa shape index (κ2) is 7.60. The van der Waals surface area contributed by atoms with Crippen LogP contribution in [0.5, 0.6) is 0 Å². The van der Waals surface area contributed by atoms with Crippen LogP contribution in [0.15, 0.2) is 40.5 Å². The van der Waals surface area contributed by atoms with E-state index >= 15 is 0 Å². The number of hydrogen-bond donors (Lipinski definition) is 0. The van der Waals surface area contributed by atoms with E-state index in [1.165, 1.54) is 26.0 Å². The number of carbonyl (C=O) groups excluding carboxylic acids is 2. The van der Waals surface area contributed by atoms with E-state index in [1.807, 2.05) is 0 Å². The minimum atomic E-state index is -4.95. The van der Waals surface area contributed by atoms with Gasteiger partial charge in [0.1, 0.15) is 11.3 Å². The first-order valence-electron chi connectivity index (χ1n) is 9.14. The molecular formula is C19H20F3NO6S. The van der Waals surface area contributed by atoms with E-state index in [1.54, 1.807) is 0 Å². The van der Waals surface area contributed by atoms with Crippen molar-refractivity contribution < 1.29 is 40.8 Å².